The van der Waals surface area contributed by atoms with Crippen molar-refractivity contribution in [3.63, 3.8) is 0 Å². The number of ether oxygens (including phenoxy) is 1. The topological polar surface area (TPSA) is 86.3 Å². The highest BCUT2D eigenvalue weighted by Crippen LogP contribution is 2.25. The standard InChI is InChI=1S/C18H20N6O2/c1-11-7-15-18(19-5-6-23(15)21-11)20-14-9-26-10-16(14)24-17(25)8-12-3-2-4-13(12)22-24/h5-8,14,16H,2-4,9-10H2,1H3,(H,19,20). The van der Waals surface area contributed by atoms with Crippen molar-refractivity contribution in [1.82, 2.24) is 24.4 Å². The molecule has 1 aliphatic carbocycles. The summed E-state index contributed by atoms with van der Waals surface area (Å²) in [4.78, 5) is 17.0. The average molecular weight is 352 g/mol. The lowest BCUT2D eigenvalue weighted by molar-refractivity contribution is 0.182. The molecule has 0 spiro atoms. The Labute approximate surface area is 149 Å². The molecule has 1 N–H and O–H groups in total. The number of fused-ring (bicyclic) bond motifs is 2. The van der Waals surface area contributed by atoms with Crippen molar-refractivity contribution in [2.24, 2.45) is 0 Å². The van der Waals surface area contributed by atoms with Gasteiger partial charge in [0.15, 0.2) is 5.82 Å². The Morgan fingerprint density at radius 2 is 2.15 bits per heavy atom. The van der Waals surface area contributed by atoms with Crippen molar-refractivity contribution in [2.45, 2.75) is 38.3 Å². The Bertz CT molecular complexity index is 1040. The molecule has 4 heterocycles. The van der Waals surface area contributed by atoms with Gasteiger partial charge in [-0.1, -0.05) is 0 Å². The minimum atomic E-state index is -0.153. The van der Waals surface area contributed by atoms with Crippen LogP contribution in [0.1, 0.15) is 29.4 Å². The molecule has 2 unspecified atom stereocenters. The van der Waals surface area contributed by atoms with Crippen molar-refractivity contribution >= 4 is 11.3 Å². The Morgan fingerprint density at radius 1 is 1.23 bits per heavy atom. The summed E-state index contributed by atoms with van der Waals surface area (Å²) in [7, 11) is 0. The van der Waals surface area contributed by atoms with Crippen LogP contribution in [0, 0.1) is 6.92 Å². The summed E-state index contributed by atoms with van der Waals surface area (Å²) < 4.78 is 9.07. The van der Waals surface area contributed by atoms with E-state index in [9.17, 15) is 4.79 Å². The van der Waals surface area contributed by atoms with Gasteiger partial charge in [-0.3, -0.25) is 4.79 Å². The molecule has 0 radical (unpaired) electrons. The van der Waals surface area contributed by atoms with Crippen molar-refractivity contribution in [1.29, 1.82) is 0 Å². The van der Waals surface area contributed by atoms with E-state index in [0.29, 0.717) is 13.2 Å². The smallest absolute Gasteiger partial charge is 0.267 e. The highest BCUT2D eigenvalue weighted by atomic mass is 16.5. The summed E-state index contributed by atoms with van der Waals surface area (Å²) in [5.41, 5.74) is 3.92. The number of rotatable bonds is 3. The quantitative estimate of drug-likeness (QED) is 0.761. The van der Waals surface area contributed by atoms with E-state index in [1.807, 2.05) is 19.2 Å². The maximum atomic E-state index is 12.6. The zero-order valence-corrected chi connectivity index (χ0v) is 14.6. The van der Waals surface area contributed by atoms with Gasteiger partial charge in [0, 0.05) is 18.5 Å². The van der Waals surface area contributed by atoms with Gasteiger partial charge in [0.05, 0.1) is 30.6 Å². The third kappa shape index (κ3) is 2.48. The predicted octanol–water partition coefficient (Wildman–Crippen LogP) is 1.14. The number of hydrogen-bond acceptors (Lipinski definition) is 6. The molecule has 26 heavy (non-hydrogen) atoms. The molecule has 0 aromatic carbocycles. The molecular weight excluding hydrogens is 332 g/mol. The van der Waals surface area contributed by atoms with Gasteiger partial charge in [0.1, 0.15) is 11.6 Å². The van der Waals surface area contributed by atoms with Gasteiger partial charge in [-0.05, 0) is 37.8 Å². The summed E-state index contributed by atoms with van der Waals surface area (Å²) in [6, 6.07) is 3.50. The van der Waals surface area contributed by atoms with E-state index in [0.717, 1.165) is 47.5 Å². The van der Waals surface area contributed by atoms with Gasteiger partial charge in [-0.2, -0.15) is 10.2 Å². The van der Waals surface area contributed by atoms with Gasteiger partial charge < -0.3 is 10.1 Å². The number of nitrogens with one attached hydrogen (secondary N) is 1. The predicted molar refractivity (Wildman–Crippen MR) is 95.5 cm³/mol. The van der Waals surface area contributed by atoms with Crippen LogP contribution in [0.5, 0.6) is 0 Å². The number of aromatic nitrogens is 5. The van der Waals surface area contributed by atoms with Gasteiger partial charge in [-0.15, -0.1) is 0 Å². The molecule has 2 atom stereocenters. The summed E-state index contributed by atoms with van der Waals surface area (Å²) in [5, 5.41) is 12.5. The number of anilines is 1. The molecule has 8 nitrogen and oxygen atoms in total. The summed E-state index contributed by atoms with van der Waals surface area (Å²) in [5.74, 6) is 0.739. The SMILES string of the molecule is Cc1cc2c(NC3COCC3n3nc4c(cc3=O)CCC4)nccn2n1. The second kappa shape index (κ2) is 5.91. The third-order valence-corrected chi connectivity index (χ3v) is 5.18. The first kappa shape index (κ1) is 15.5. The van der Waals surface area contributed by atoms with Crippen LogP contribution in [0.4, 0.5) is 5.82 Å². The van der Waals surface area contributed by atoms with E-state index in [1.165, 1.54) is 0 Å². The molecule has 2 aliphatic rings. The van der Waals surface area contributed by atoms with Crippen molar-refractivity contribution < 1.29 is 4.74 Å². The first-order valence-electron chi connectivity index (χ1n) is 8.96. The molecule has 0 bridgehead atoms. The lowest BCUT2D eigenvalue weighted by atomic mass is 10.1. The number of hydrogen-bond donors (Lipinski definition) is 1. The minimum Gasteiger partial charge on any atom is -0.377 e. The minimum absolute atomic E-state index is 0.0562. The zero-order chi connectivity index (χ0) is 17.7. The fraction of sp³-hybridized carbons (Fsp3) is 0.444. The van der Waals surface area contributed by atoms with Crippen LogP contribution in [0.2, 0.25) is 0 Å². The van der Waals surface area contributed by atoms with Crippen LogP contribution >= 0.6 is 0 Å². The van der Waals surface area contributed by atoms with E-state index in [1.54, 1.807) is 21.5 Å². The maximum Gasteiger partial charge on any atom is 0.267 e. The van der Waals surface area contributed by atoms with Gasteiger partial charge in [-0.25, -0.2) is 14.2 Å². The highest BCUT2D eigenvalue weighted by Gasteiger charge is 2.33. The van der Waals surface area contributed by atoms with E-state index in [4.69, 9.17) is 4.74 Å². The molecule has 5 rings (SSSR count). The lowest BCUT2D eigenvalue weighted by Gasteiger charge is -2.21. The van der Waals surface area contributed by atoms with Crippen molar-refractivity contribution in [2.75, 3.05) is 18.5 Å². The van der Waals surface area contributed by atoms with Crippen LogP contribution in [0.25, 0.3) is 5.52 Å². The Morgan fingerprint density at radius 3 is 3.08 bits per heavy atom. The largest absolute Gasteiger partial charge is 0.377 e. The monoisotopic (exact) mass is 352 g/mol. The molecule has 134 valence electrons. The maximum absolute atomic E-state index is 12.6. The van der Waals surface area contributed by atoms with Crippen LogP contribution in [-0.4, -0.2) is 43.6 Å². The average Bonchev–Trinajstić information content (AvgIpc) is 3.33. The second-order valence-electron chi connectivity index (χ2n) is 7.00. The van der Waals surface area contributed by atoms with E-state index < -0.39 is 0 Å². The molecule has 3 aromatic rings. The Balaban J connectivity index is 1.49. The van der Waals surface area contributed by atoms with Crippen molar-refractivity contribution in [3.05, 3.63) is 51.8 Å². The third-order valence-electron chi connectivity index (χ3n) is 5.18. The molecule has 1 aliphatic heterocycles. The van der Waals surface area contributed by atoms with Gasteiger partial charge in [0.2, 0.25) is 0 Å². The van der Waals surface area contributed by atoms with Crippen molar-refractivity contribution in [3.8, 4) is 0 Å². The molecule has 8 heteroatoms. The second-order valence-corrected chi connectivity index (χ2v) is 7.00. The zero-order valence-electron chi connectivity index (χ0n) is 14.6. The molecule has 3 aromatic heterocycles. The van der Waals surface area contributed by atoms with Crippen LogP contribution in [0.3, 0.4) is 0 Å². The summed E-state index contributed by atoms with van der Waals surface area (Å²) >= 11 is 0. The fourth-order valence-corrected chi connectivity index (χ4v) is 3.91. The van der Waals surface area contributed by atoms with Gasteiger partial charge >= 0.3 is 0 Å². The number of aryl methyl sites for hydroxylation is 3. The Hall–Kier alpha value is -2.74. The first-order valence-corrected chi connectivity index (χ1v) is 8.96. The summed E-state index contributed by atoms with van der Waals surface area (Å²) in [6.45, 7) is 2.92. The van der Waals surface area contributed by atoms with Crippen LogP contribution in [-0.2, 0) is 17.6 Å². The fourth-order valence-electron chi connectivity index (χ4n) is 3.91. The van der Waals surface area contributed by atoms with Crippen LogP contribution < -0.4 is 10.9 Å². The Kier molecular flexibility index (Phi) is 3.53. The molecule has 0 saturated carbocycles. The lowest BCUT2D eigenvalue weighted by Crippen LogP contribution is -2.38. The summed E-state index contributed by atoms with van der Waals surface area (Å²) in [6.07, 6.45) is 6.50. The van der Waals surface area contributed by atoms with E-state index in [2.05, 4.69) is 20.5 Å². The molecule has 1 saturated heterocycles. The highest BCUT2D eigenvalue weighted by molar-refractivity contribution is 5.68. The molecule has 0 amide bonds. The van der Waals surface area contributed by atoms with Crippen LogP contribution in [0.15, 0.2) is 29.3 Å². The van der Waals surface area contributed by atoms with E-state index in [-0.39, 0.29) is 17.6 Å². The molecular formula is C18H20N6O2. The first-order chi connectivity index (χ1) is 12.7. The van der Waals surface area contributed by atoms with Gasteiger partial charge in [0.25, 0.3) is 5.56 Å². The number of nitrogens with zero attached hydrogens (tertiary/aromatic N) is 5. The van der Waals surface area contributed by atoms with E-state index >= 15 is 0 Å². The normalized spacial score (nSPS) is 22.0. The molecule has 1 fully saturated rings.